The summed E-state index contributed by atoms with van der Waals surface area (Å²) in [6.45, 7) is 1.29. The molecule has 0 aromatic rings. The highest BCUT2D eigenvalue weighted by atomic mass is 32.2. The van der Waals surface area contributed by atoms with Crippen LogP contribution in [0.15, 0.2) is 0 Å². The molecule has 9 heteroatoms. The summed E-state index contributed by atoms with van der Waals surface area (Å²) in [6, 6.07) is 0. The van der Waals surface area contributed by atoms with Gasteiger partial charge in [-0.1, -0.05) is 0 Å². The maximum absolute atomic E-state index is 11.1. The fourth-order valence-electron chi connectivity index (χ4n) is 0.581. The van der Waals surface area contributed by atoms with Crippen LogP contribution in [0.3, 0.4) is 0 Å². The van der Waals surface area contributed by atoms with Gasteiger partial charge in [-0.25, -0.2) is 0 Å². The van der Waals surface area contributed by atoms with Crippen LogP contribution < -0.4 is 0 Å². The molecule has 92 valence electrons. The van der Waals surface area contributed by atoms with E-state index >= 15 is 0 Å². The Kier molecular flexibility index (Phi) is 6.58. The molecule has 0 fully saturated rings. The molecule has 0 heterocycles. The molecule has 0 rings (SSSR count). The molecular weight excluding hydrogens is 247 g/mol. The molecule has 0 spiro atoms. The predicted octanol–water partition coefficient (Wildman–Crippen LogP) is 0.377. The van der Waals surface area contributed by atoms with E-state index in [1.165, 1.54) is 13.8 Å². The lowest BCUT2D eigenvalue weighted by atomic mass is 10.7. The highest BCUT2D eigenvalue weighted by molar-refractivity contribution is 7.85. The quantitative estimate of drug-likeness (QED) is 0.383. The molecule has 0 aromatic carbocycles. The van der Waals surface area contributed by atoms with Crippen LogP contribution in [0.1, 0.15) is 0 Å². The van der Waals surface area contributed by atoms with Crippen LogP contribution in [0.25, 0.3) is 0 Å². The predicted molar refractivity (Wildman–Crippen MR) is 53.7 cm³/mol. The molecule has 1 atom stereocenters. The fourth-order valence-corrected chi connectivity index (χ4v) is 1.42. The Bertz CT molecular complexity index is 311. The maximum Gasteiger partial charge on any atom is 0.327 e. The number of hydrogen-bond acceptors (Lipinski definition) is 6. The van der Waals surface area contributed by atoms with Gasteiger partial charge in [0, 0.05) is 13.8 Å². The average Bonchev–Trinajstić information content (AvgIpc) is 2.09. The molecule has 7 nitrogen and oxygen atoms in total. The van der Waals surface area contributed by atoms with Crippen LogP contribution in [-0.2, 0) is 28.5 Å². The molecule has 0 amide bonds. The van der Waals surface area contributed by atoms with Gasteiger partial charge in [-0.05, 0) is 0 Å². The Hall–Kier alpha value is 0.0200. The van der Waals surface area contributed by atoms with Crippen molar-refractivity contribution in [2.24, 2.45) is 0 Å². The lowest BCUT2D eigenvalue weighted by Crippen LogP contribution is -2.13. The first-order valence-electron chi connectivity index (χ1n) is 4.07. The van der Waals surface area contributed by atoms with E-state index in [4.69, 9.17) is 13.8 Å². The number of hydrogen-bond donors (Lipinski definition) is 1. The van der Waals surface area contributed by atoms with Crippen molar-refractivity contribution in [3.05, 3.63) is 0 Å². The van der Waals surface area contributed by atoms with Crippen LogP contribution in [0, 0.1) is 0 Å². The zero-order chi connectivity index (χ0) is 11.9. The molecule has 15 heavy (non-hydrogen) atoms. The molecule has 0 saturated carbocycles. The highest BCUT2D eigenvalue weighted by Crippen LogP contribution is 2.42. The van der Waals surface area contributed by atoms with Crippen molar-refractivity contribution in [2.45, 2.75) is 0 Å². The second-order valence-electron chi connectivity index (χ2n) is 2.69. The molecule has 0 aromatic heterocycles. The largest absolute Gasteiger partial charge is 0.378 e. The standard InChI is InChI=1S/C6H15O7PS/c1-11-14(2,7)13-4-3-12-5-6-15(8,9)10/h3-6H2,1-2H3,(H,8,9,10). The van der Waals surface area contributed by atoms with Crippen LogP contribution in [0.4, 0.5) is 0 Å². The monoisotopic (exact) mass is 262 g/mol. The van der Waals surface area contributed by atoms with Crippen molar-refractivity contribution < 1.29 is 31.3 Å². The summed E-state index contributed by atoms with van der Waals surface area (Å²) in [7, 11) is -5.73. The van der Waals surface area contributed by atoms with Crippen molar-refractivity contribution in [3.8, 4) is 0 Å². The van der Waals surface area contributed by atoms with Gasteiger partial charge in [0.2, 0.25) is 0 Å². The van der Waals surface area contributed by atoms with Gasteiger partial charge in [0.15, 0.2) is 0 Å². The van der Waals surface area contributed by atoms with E-state index in [2.05, 4.69) is 4.52 Å². The van der Waals surface area contributed by atoms with Gasteiger partial charge >= 0.3 is 7.60 Å². The Morgan fingerprint density at radius 3 is 2.33 bits per heavy atom. The summed E-state index contributed by atoms with van der Waals surface area (Å²) in [5.74, 6) is -0.471. The second-order valence-corrected chi connectivity index (χ2v) is 6.42. The molecule has 1 N–H and O–H groups in total. The van der Waals surface area contributed by atoms with Crippen molar-refractivity contribution >= 4 is 17.7 Å². The third kappa shape index (κ3) is 10.3. The van der Waals surface area contributed by atoms with E-state index in [-0.39, 0.29) is 19.8 Å². The number of ether oxygens (including phenoxy) is 1. The minimum Gasteiger partial charge on any atom is -0.378 e. The average molecular weight is 262 g/mol. The van der Waals surface area contributed by atoms with Gasteiger partial charge in [0.1, 0.15) is 0 Å². The topological polar surface area (TPSA) is 99.1 Å². The summed E-state index contributed by atoms with van der Waals surface area (Å²) in [6.07, 6.45) is 0. The van der Waals surface area contributed by atoms with Crippen LogP contribution in [0.5, 0.6) is 0 Å². The van der Waals surface area contributed by atoms with Gasteiger partial charge in [-0.15, -0.1) is 0 Å². The SMILES string of the molecule is COP(C)(=O)OCCOCCS(=O)(=O)O. The lowest BCUT2D eigenvalue weighted by molar-refractivity contribution is 0.103. The van der Waals surface area contributed by atoms with Gasteiger partial charge in [0.05, 0.1) is 25.6 Å². The Labute approximate surface area is 89.0 Å². The zero-order valence-electron chi connectivity index (χ0n) is 8.58. The smallest absolute Gasteiger partial charge is 0.327 e. The number of rotatable bonds is 8. The molecule has 0 bridgehead atoms. The van der Waals surface area contributed by atoms with Gasteiger partial charge < -0.3 is 13.8 Å². The van der Waals surface area contributed by atoms with Crippen molar-refractivity contribution in [1.82, 2.24) is 0 Å². The Balaban J connectivity index is 3.45. The Morgan fingerprint density at radius 1 is 1.27 bits per heavy atom. The first-order chi connectivity index (χ1) is 6.77. The third-order valence-electron chi connectivity index (χ3n) is 1.37. The minimum atomic E-state index is -3.99. The molecule has 0 aliphatic heterocycles. The molecule has 0 radical (unpaired) electrons. The highest BCUT2D eigenvalue weighted by Gasteiger charge is 2.13. The third-order valence-corrected chi connectivity index (χ3v) is 3.37. The molecule has 1 unspecified atom stereocenters. The van der Waals surface area contributed by atoms with Crippen molar-refractivity contribution in [1.29, 1.82) is 0 Å². The van der Waals surface area contributed by atoms with E-state index in [0.717, 1.165) is 0 Å². The van der Waals surface area contributed by atoms with Crippen LogP contribution in [-0.4, -0.2) is 52.3 Å². The van der Waals surface area contributed by atoms with E-state index < -0.39 is 23.5 Å². The molecule has 0 saturated heterocycles. The second kappa shape index (κ2) is 6.57. The van der Waals surface area contributed by atoms with Crippen molar-refractivity contribution in [2.75, 3.05) is 39.3 Å². The van der Waals surface area contributed by atoms with E-state index in [9.17, 15) is 13.0 Å². The first kappa shape index (κ1) is 15.0. The Morgan fingerprint density at radius 2 is 1.87 bits per heavy atom. The summed E-state index contributed by atoms with van der Waals surface area (Å²) >= 11 is 0. The van der Waals surface area contributed by atoms with E-state index in [1.54, 1.807) is 0 Å². The molecule has 0 aliphatic carbocycles. The molecular formula is C6H15O7PS. The van der Waals surface area contributed by atoms with Gasteiger partial charge in [0.25, 0.3) is 10.1 Å². The van der Waals surface area contributed by atoms with Crippen LogP contribution in [0.2, 0.25) is 0 Å². The van der Waals surface area contributed by atoms with E-state index in [1.807, 2.05) is 0 Å². The summed E-state index contributed by atoms with van der Waals surface area (Å²) in [4.78, 5) is 0. The summed E-state index contributed by atoms with van der Waals surface area (Å²) in [5, 5.41) is 0. The first-order valence-corrected chi connectivity index (χ1v) is 7.67. The zero-order valence-corrected chi connectivity index (χ0v) is 10.3. The maximum atomic E-state index is 11.1. The summed E-state index contributed by atoms with van der Waals surface area (Å²) in [5.41, 5.74) is 0. The fraction of sp³-hybridized carbons (Fsp3) is 1.00. The van der Waals surface area contributed by atoms with E-state index in [0.29, 0.717) is 0 Å². The molecule has 0 aliphatic rings. The normalized spacial score (nSPS) is 16.2. The lowest BCUT2D eigenvalue weighted by Gasteiger charge is -2.10. The van der Waals surface area contributed by atoms with Gasteiger partial charge in [-0.3, -0.25) is 9.12 Å². The summed E-state index contributed by atoms with van der Waals surface area (Å²) < 4.78 is 54.1. The van der Waals surface area contributed by atoms with Crippen LogP contribution >= 0.6 is 7.60 Å². The minimum absolute atomic E-state index is 0.0348. The van der Waals surface area contributed by atoms with Crippen molar-refractivity contribution in [3.63, 3.8) is 0 Å². The van der Waals surface area contributed by atoms with Gasteiger partial charge in [-0.2, -0.15) is 8.42 Å².